The van der Waals surface area contributed by atoms with Crippen LogP contribution in [0, 0.1) is 32.1 Å². The number of rotatable bonds is 5. The van der Waals surface area contributed by atoms with Crippen molar-refractivity contribution in [2.24, 2.45) is 0 Å². The van der Waals surface area contributed by atoms with Crippen LogP contribution < -0.4 is 5.32 Å². The summed E-state index contributed by atoms with van der Waals surface area (Å²) in [7, 11) is 0. The average Bonchev–Trinajstić information content (AvgIpc) is 2.46. The minimum atomic E-state index is -0.0986. The average molecular weight is 326 g/mol. The summed E-state index contributed by atoms with van der Waals surface area (Å²) in [4.78, 5) is 20.4. The van der Waals surface area contributed by atoms with Gasteiger partial charge in [0.25, 0.3) is 0 Å². The Morgan fingerprint density at radius 1 is 1.35 bits per heavy atom. The van der Waals surface area contributed by atoms with E-state index in [4.69, 9.17) is 0 Å². The maximum Gasteiger partial charge on any atom is 0.226 e. The zero-order valence-corrected chi connectivity index (χ0v) is 14.2. The van der Waals surface area contributed by atoms with Gasteiger partial charge in [0.05, 0.1) is 5.56 Å². The van der Waals surface area contributed by atoms with Gasteiger partial charge in [-0.1, -0.05) is 0 Å². The first-order valence-corrected chi connectivity index (χ1v) is 8.22. The van der Waals surface area contributed by atoms with Gasteiger partial charge in [-0.2, -0.15) is 5.26 Å². The molecule has 0 saturated heterocycles. The van der Waals surface area contributed by atoms with Gasteiger partial charge in [-0.15, -0.1) is 11.8 Å². The first kappa shape index (κ1) is 17.0. The van der Waals surface area contributed by atoms with E-state index in [0.717, 1.165) is 16.8 Å². The first-order valence-electron chi connectivity index (χ1n) is 7.23. The van der Waals surface area contributed by atoms with E-state index >= 15 is 0 Å². The third-order valence-electron chi connectivity index (χ3n) is 3.17. The van der Waals surface area contributed by atoms with Crippen LogP contribution in [0.2, 0.25) is 0 Å². The third-order valence-corrected chi connectivity index (χ3v) is 4.15. The van der Waals surface area contributed by atoms with Gasteiger partial charge in [-0.25, -0.2) is 9.97 Å². The van der Waals surface area contributed by atoms with Gasteiger partial charge >= 0.3 is 0 Å². The number of nitrogens with zero attached hydrogens (tertiary/aromatic N) is 3. The molecular weight excluding hydrogens is 308 g/mol. The number of carbonyl (C=O) groups excluding carboxylic acids is 1. The smallest absolute Gasteiger partial charge is 0.226 e. The summed E-state index contributed by atoms with van der Waals surface area (Å²) in [5.74, 6) is 1.02. The minimum absolute atomic E-state index is 0.0986. The Morgan fingerprint density at radius 3 is 2.83 bits per heavy atom. The number of hydrogen-bond acceptors (Lipinski definition) is 5. The Labute approximate surface area is 140 Å². The maximum atomic E-state index is 12.0. The number of pyridine rings is 2. The van der Waals surface area contributed by atoms with E-state index in [0.29, 0.717) is 28.6 Å². The summed E-state index contributed by atoms with van der Waals surface area (Å²) in [6, 6.07) is 7.77. The van der Waals surface area contributed by atoms with Gasteiger partial charge in [0.15, 0.2) is 0 Å². The molecule has 2 heterocycles. The van der Waals surface area contributed by atoms with E-state index in [1.807, 2.05) is 39.0 Å². The molecule has 0 aliphatic carbocycles. The van der Waals surface area contributed by atoms with Crippen LogP contribution in [0.3, 0.4) is 0 Å². The zero-order chi connectivity index (χ0) is 16.8. The number of nitrogens with one attached hydrogen (secondary N) is 1. The fourth-order valence-corrected chi connectivity index (χ4v) is 3.13. The summed E-state index contributed by atoms with van der Waals surface area (Å²) in [5.41, 5.74) is 3.41. The van der Waals surface area contributed by atoms with Crippen molar-refractivity contribution in [2.75, 3.05) is 11.1 Å². The van der Waals surface area contributed by atoms with Crippen molar-refractivity contribution >= 4 is 23.5 Å². The first-order chi connectivity index (χ1) is 11.0. The van der Waals surface area contributed by atoms with Crippen LogP contribution in [-0.4, -0.2) is 21.6 Å². The number of thioether (sulfide) groups is 1. The van der Waals surface area contributed by atoms with Crippen LogP contribution in [0.4, 0.5) is 5.82 Å². The molecule has 2 aromatic heterocycles. The van der Waals surface area contributed by atoms with Crippen molar-refractivity contribution in [2.45, 2.75) is 32.2 Å². The maximum absolute atomic E-state index is 12.0. The highest BCUT2D eigenvalue weighted by Gasteiger charge is 2.10. The number of carbonyl (C=O) groups is 1. The number of nitriles is 1. The molecule has 0 radical (unpaired) electrons. The predicted molar refractivity (Wildman–Crippen MR) is 91.4 cm³/mol. The molecule has 0 saturated carbocycles. The quantitative estimate of drug-likeness (QED) is 0.852. The van der Waals surface area contributed by atoms with E-state index in [1.54, 1.807) is 6.20 Å². The fraction of sp³-hybridized carbons (Fsp3) is 0.294. The lowest BCUT2D eigenvalue weighted by molar-refractivity contribution is -0.115. The fourth-order valence-electron chi connectivity index (χ4n) is 2.09. The van der Waals surface area contributed by atoms with Crippen molar-refractivity contribution in [3.8, 4) is 6.07 Å². The Bertz CT molecular complexity index is 768. The molecule has 0 fully saturated rings. The summed E-state index contributed by atoms with van der Waals surface area (Å²) in [5, 5.41) is 12.7. The molecule has 6 heteroatoms. The lowest BCUT2D eigenvalue weighted by Crippen LogP contribution is -2.13. The molecule has 2 aromatic rings. The minimum Gasteiger partial charge on any atom is -0.311 e. The molecule has 0 spiro atoms. The highest BCUT2D eigenvalue weighted by Crippen LogP contribution is 2.24. The molecule has 2 rings (SSSR count). The molecule has 0 unspecified atom stereocenters. The second-order valence-electron chi connectivity index (χ2n) is 5.24. The standard InChI is InChI=1S/C17H18N4OS/c1-11-4-6-19-15(8-11)21-16(22)5-7-23-17-14(10-18)12(2)9-13(3)20-17/h4,6,8-9H,5,7H2,1-3H3,(H,19,21,22). The second-order valence-corrected chi connectivity index (χ2v) is 6.32. The highest BCUT2D eigenvalue weighted by molar-refractivity contribution is 7.99. The van der Waals surface area contributed by atoms with Crippen LogP contribution in [0.1, 0.15) is 28.8 Å². The van der Waals surface area contributed by atoms with Crippen LogP contribution in [0.15, 0.2) is 29.4 Å². The number of aromatic nitrogens is 2. The number of aryl methyl sites for hydroxylation is 3. The van der Waals surface area contributed by atoms with Crippen molar-refractivity contribution in [3.05, 3.63) is 46.8 Å². The molecule has 0 aliphatic heterocycles. The van der Waals surface area contributed by atoms with Gasteiger partial charge in [-0.05, 0) is 50.1 Å². The molecule has 1 amide bonds. The zero-order valence-electron chi connectivity index (χ0n) is 13.4. The van der Waals surface area contributed by atoms with Crippen molar-refractivity contribution in [1.29, 1.82) is 5.26 Å². The Hall–Kier alpha value is -2.39. The Balaban J connectivity index is 1.93. The van der Waals surface area contributed by atoms with Crippen LogP contribution in [0.25, 0.3) is 0 Å². The van der Waals surface area contributed by atoms with Gasteiger partial charge in [0.1, 0.15) is 16.9 Å². The summed E-state index contributed by atoms with van der Waals surface area (Å²) >= 11 is 1.43. The summed E-state index contributed by atoms with van der Waals surface area (Å²) in [6.45, 7) is 5.74. The summed E-state index contributed by atoms with van der Waals surface area (Å²) < 4.78 is 0. The lowest BCUT2D eigenvalue weighted by Gasteiger charge is -2.08. The Morgan fingerprint density at radius 2 is 2.13 bits per heavy atom. The van der Waals surface area contributed by atoms with Crippen LogP contribution >= 0.6 is 11.8 Å². The normalized spacial score (nSPS) is 10.2. The Kier molecular flexibility index (Phi) is 5.72. The van der Waals surface area contributed by atoms with E-state index in [9.17, 15) is 10.1 Å². The van der Waals surface area contributed by atoms with E-state index in [-0.39, 0.29) is 5.91 Å². The molecule has 0 bridgehead atoms. The molecule has 1 N–H and O–H groups in total. The molecular formula is C17H18N4OS. The molecule has 0 aromatic carbocycles. The van der Waals surface area contributed by atoms with Crippen molar-refractivity contribution in [3.63, 3.8) is 0 Å². The predicted octanol–water partition coefficient (Wildman–Crippen LogP) is 3.39. The number of amides is 1. The molecule has 5 nitrogen and oxygen atoms in total. The van der Waals surface area contributed by atoms with Gasteiger partial charge in [-0.3, -0.25) is 4.79 Å². The van der Waals surface area contributed by atoms with E-state index in [1.165, 1.54) is 11.8 Å². The SMILES string of the molecule is Cc1ccnc(NC(=O)CCSc2nc(C)cc(C)c2C#N)c1. The second kappa shape index (κ2) is 7.75. The van der Waals surface area contributed by atoms with Gasteiger partial charge in [0.2, 0.25) is 5.91 Å². The number of anilines is 1. The number of hydrogen-bond donors (Lipinski definition) is 1. The molecule has 118 valence electrons. The van der Waals surface area contributed by atoms with Crippen molar-refractivity contribution < 1.29 is 4.79 Å². The molecule has 23 heavy (non-hydrogen) atoms. The van der Waals surface area contributed by atoms with Gasteiger partial charge in [0, 0.05) is 24.1 Å². The lowest BCUT2D eigenvalue weighted by atomic mass is 10.1. The van der Waals surface area contributed by atoms with Gasteiger partial charge < -0.3 is 5.32 Å². The third kappa shape index (κ3) is 4.80. The van der Waals surface area contributed by atoms with E-state index < -0.39 is 0 Å². The summed E-state index contributed by atoms with van der Waals surface area (Å²) in [6.07, 6.45) is 2.00. The monoisotopic (exact) mass is 326 g/mol. The molecule has 0 atom stereocenters. The van der Waals surface area contributed by atoms with Crippen LogP contribution in [-0.2, 0) is 4.79 Å². The van der Waals surface area contributed by atoms with E-state index in [2.05, 4.69) is 21.4 Å². The van der Waals surface area contributed by atoms with Crippen LogP contribution in [0.5, 0.6) is 0 Å². The van der Waals surface area contributed by atoms with Crippen molar-refractivity contribution in [1.82, 2.24) is 9.97 Å². The largest absolute Gasteiger partial charge is 0.311 e. The molecule has 0 aliphatic rings. The topological polar surface area (TPSA) is 78.7 Å². The highest BCUT2D eigenvalue weighted by atomic mass is 32.2.